The summed E-state index contributed by atoms with van der Waals surface area (Å²) in [6, 6.07) is 15.7. The second kappa shape index (κ2) is 9.77. The van der Waals surface area contributed by atoms with Gasteiger partial charge in [0, 0.05) is 11.9 Å². The lowest BCUT2D eigenvalue weighted by molar-refractivity contribution is 0.0398. The number of thioether (sulfide) groups is 1. The molecule has 0 saturated heterocycles. The first-order chi connectivity index (χ1) is 9.34. The number of aromatic nitrogens is 1. The van der Waals surface area contributed by atoms with Crippen molar-refractivity contribution in [3.63, 3.8) is 0 Å². The predicted molar refractivity (Wildman–Crippen MR) is 84.3 cm³/mol. The molecule has 1 atom stereocenters. The maximum Gasteiger partial charge on any atom is 0.0960 e. The summed E-state index contributed by atoms with van der Waals surface area (Å²) in [6.45, 7) is 0.876. The van der Waals surface area contributed by atoms with Crippen molar-refractivity contribution in [1.29, 1.82) is 0 Å². The smallest absolute Gasteiger partial charge is 0.0960 e. The fourth-order valence-corrected chi connectivity index (χ4v) is 2.32. The van der Waals surface area contributed by atoms with Crippen LogP contribution >= 0.6 is 24.2 Å². The van der Waals surface area contributed by atoms with Gasteiger partial charge in [-0.15, -0.1) is 24.2 Å². The zero-order valence-electron chi connectivity index (χ0n) is 11.0. The van der Waals surface area contributed by atoms with Crippen LogP contribution in [0.25, 0.3) is 0 Å². The van der Waals surface area contributed by atoms with E-state index >= 15 is 0 Å². The Hall–Kier alpha value is -1.07. The summed E-state index contributed by atoms with van der Waals surface area (Å²) in [5, 5.41) is 10.7. The Morgan fingerprint density at radius 3 is 2.55 bits per heavy atom. The third kappa shape index (κ3) is 6.39. The largest absolute Gasteiger partial charge is 0.390 e. The number of hydrogen-bond acceptors (Lipinski definition) is 4. The Labute approximate surface area is 129 Å². The van der Waals surface area contributed by atoms with Crippen LogP contribution in [0.2, 0.25) is 0 Å². The predicted octanol–water partition coefficient (Wildman–Crippen LogP) is 3.17. The first-order valence-electron chi connectivity index (χ1n) is 6.18. The van der Waals surface area contributed by atoms with Crippen molar-refractivity contribution in [3.05, 3.63) is 60.3 Å². The number of ether oxygens (including phenoxy) is 1. The highest BCUT2D eigenvalue weighted by Gasteiger charge is 2.06. The van der Waals surface area contributed by atoms with E-state index in [4.69, 9.17) is 4.74 Å². The second-order valence-electron chi connectivity index (χ2n) is 4.13. The number of rotatable bonds is 7. The van der Waals surface area contributed by atoms with E-state index < -0.39 is 6.10 Å². The van der Waals surface area contributed by atoms with E-state index in [0.29, 0.717) is 19.0 Å². The minimum absolute atomic E-state index is 0. The topological polar surface area (TPSA) is 42.4 Å². The first kappa shape index (κ1) is 17.0. The number of pyridine rings is 1. The van der Waals surface area contributed by atoms with E-state index in [1.165, 1.54) is 11.8 Å². The van der Waals surface area contributed by atoms with Gasteiger partial charge in [-0.05, 0) is 17.7 Å². The van der Waals surface area contributed by atoms with Gasteiger partial charge in [0.2, 0.25) is 0 Å². The number of aliphatic hydroxyl groups is 1. The van der Waals surface area contributed by atoms with Crippen LogP contribution in [0.1, 0.15) is 5.56 Å². The Balaban J connectivity index is 0.00000200. The van der Waals surface area contributed by atoms with Gasteiger partial charge in [-0.3, -0.25) is 0 Å². The van der Waals surface area contributed by atoms with Crippen LogP contribution < -0.4 is 0 Å². The molecule has 0 aliphatic heterocycles. The van der Waals surface area contributed by atoms with E-state index in [0.717, 1.165) is 10.6 Å². The van der Waals surface area contributed by atoms with Gasteiger partial charge in [-0.2, -0.15) is 0 Å². The first-order valence-corrected chi connectivity index (χ1v) is 7.17. The molecule has 2 aromatic rings. The van der Waals surface area contributed by atoms with Gasteiger partial charge in [-0.25, -0.2) is 4.98 Å². The maximum absolute atomic E-state index is 9.81. The fraction of sp³-hybridized carbons (Fsp3) is 0.267. The van der Waals surface area contributed by atoms with Crippen molar-refractivity contribution in [3.8, 4) is 0 Å². The molecule has 1 unspecified atom stereocenters. The summed E-state index contributed by atoms with van der Waals surface area (Å²) in [6.07, 6.45) is 1.27. The Kier molecular flexibility index (Phi) is 8.30. The monoisotopic (exact) mass is 311 g/mol. The minimum atomic E-state index is -0.476. The average Bonchev–Trinajstić information content (AvgIpc) is 2.47. The normalized spacial score (nSPS) is 11.7. The van der Waals surface area contributed by atoms with Crippen LogP contribution in [0.5, 0.6) is 0 Å². The van der Waals surface area contributed by atoms with E-state index in [2.05, 4.69) is 4.98 Å². The Morgan fingerprint density at radius 2 is 1.85 bits per heavy atom. The highest BCUT2D eigenvalue weighted by molar-refractivity contribution is 7.99. The van der Waals surface area contributed by atoms with Crippen molar-refractivity contribution in [2.24, 2.45) is 0 Å². The van der Waals surface area contributed by atoms with Gasteiger partial charge in [0.15, 0.2) is 0 Å². The van der Waals surface area contributed by atoms with Crippen molar-refractivity contribution in [1.82, 2.24) is 4.98 Å². The van der Waals surface area contributed by atoms with Crippen molar-refractivity contribution < 1.29 is 9.84 Å². The number of halogens is 1. The molecule has 0 aliphatic carbocycles. The maximum atomic E-state index is 9.81. The van der Waals surface area contributed by atoms with Gasteiger partial charge in [-0.1, -0.05) is 36.4 Å². The fourth-order valence-electron chi connectivity index (χ4n) is 1.55. The lowest BCUT2D eigenvalue weighted by Crippen LogP contribution is -2.17. The van der Waals surface area contributed by atoms with Crippen LogP contribution in [0.3, 0.4) is 0 Å². The zero-order chi connectivity index (χ0) is 13.3. The molecule has 0 radical (unpaired) electrons. The van der Waals surface area contributed by atoms with Crippen LogP contribution in [0, 0.1) is 0 Å². The molecule has 0 saturated carbocycles. The molecule has 1 heterocycles. The molecular formula is C15H18ClNO2S. The van der Waals surface area contributed by atoms with Crippen LogP contribution in [0.4, 0.5) is 0 Å². The molecule has 5 heteroatoms. The molecule has 0 fully saturated rings. The van der Waals surface area contributed by atoms with Crippen LogP contribution in [0.15, 0.2) is 59.8 Å². The Morgan fingerprint density at radius 1 is 1.10 bits per heavy atom. The Bertz CT molecular complexity index is 470. The summed E-state index contributed by atoms with van der Waals surface area (Å²) in [4.78, 5) is 4.19. The third-order valence-electron chi connectivity index (χ3n) is 2.48. The lowest BCUT2D eigenvalue weighted by atomic mass is 10.2. The molecule has 0 spiro atoms. The summed E-state index contributed by atoms with van der Waals surface area (Å²) >= 11 is 1.53. The summed E-state index contributed by atoms with van der Waals surface area (Å²) < 4.78 is 5.49. The van der Waals surface area contributed by atoms with Gasteiger partial charge >= 0.3 is 0 Å². The van der Waals surface area contributed by atoms with E-state index in [-0.39, 0.29) is 12.4 Å². The minimum Gasteiger partial charge on any atom is -0.390 e. The van der Waals surface area contributed by atoms with Gasteiger partial charge in [0.1, 0.15) is 0 Å². The second-order valence-corrected chi connectivity index (χ2v) is 5.17. The number of nitrogens with zero attached hydrogens (tertiary/aromatic N) is 1. The molecule has 1 aromatic heterocycles. The van der Waals surface area contributed by atoms with Crippen molar-refractivity contribution in [2.45, 2.75) is 17.7 Å². The number of hydrogen-bond donors (Lipinski definition) is 1. The molecule has 0 aliphatic rings. The van der Waals surface area contributed by atoms with Crippen LogP contribution in [-0.4, -0.2) is 28.6 Å². The zero-order valence-corrected chi connectivity index (χ0v) is 12.6. The highest BCUT2D eigenvalue weighted by atomic mass is 35.5. The average molecular weight is 312 g/mol. The standard InChI is InChI=1S/C15H17NO2S.ClH/c17-14(12-19-15-8-4-5-9-16-15)11-18-10-13-6-2-1-3-7-13;/h1-9,14,17H,10-12H2;1H. The third-order valence-corrected chi connectivity index (χ3v) is 3.57. The summed E-state index contributed by atoms with van der Waals surface area (Å²) in [7, 11) is 0. The van der Waals surface area contributed by atoms with Gasteiger partial charge in [0.25, 0.3) is 0 Å². The summed E-state index contributed by atoms with van der Waals surface area (Å²) in [5.41, 5.74) is 1.12. The van der Waals surface area contributed by atoms with E-state index in [1.807, 2.05) is 48.5 Å². The molecule has 1 N–H and O–H groups in total. The number of aliphatic hydroxyl groups excluding tert-OH is 1. The molecule has 0 bridgehead atoms. The van der Waals surface area contributed by atoms with Gasteiger partial charge in [0.05, 0.1) is 24.3 Å². The number of benzene rings is 1. The van der Waals surface area contributed by atoms with E-state index in [1.54, 1.807) is 6.20 Å². The van der Waals surface area contributed by atoms with Gasteiger partial charge < -0.3 is 9.84 Å². The molecule has 108 valence electrons. The summed E-state index contributed by atoms with van der Waals surface area (Å²) in [5.74, 6) is 0.589. The molecule has 3 nitrogen and oxygen atoms in total. The molecule has 0 amide bonds. The van der Waals surface area contributed by atoms with E-state index in [9.17, 15) is 5.11 Å². The van der Waals surface area contributed by atoms with Crippen molar-refractivity contribution in [2.75, 3.05) is 12.4 Å². The lowest BCUT2D eigenvalue weighted by Gasteiger charge is -2.10. The molecule has 20 heavy (non-hydrogen) atoms. The molecule has 1 aromatic carbocycles. The highest BCUT2D eigenvalue weighted by Crippen LogP contribution is 2.15. The van der Waals surface area contributed by atoms with Crippen LogP contribution in [-0.2, 0) is 11.3 Å². The SMILES string of the molecule is Cl.OC(COCc1ccccc1)CSc1ccccn1. The quantitative estimate of drug-likeness (QED) is 0.798. The van der Waals surface area contributed by atoms with Crippen molar-refractivity contribution >= 4 is 24.2 Å². The molecular weight excluding hydrogens is 294 g/mol. The molecule has 2 rings (SSSR count).